The van der Waals surface area contributed by atoms with Crippen molar-refractivity contribution in [1.29, 1.82) is 0 Å². The van der Waals surface area contributed by atoms with Gasteiger partial charge in [0.1, 0.15) is 11.6 Å². The number of allylic oxidation sites excluding steroid dienone is 1. The molecule has 0 aliphatic carbocycles. The minimum atomic E-state index is -1.01. The number of ether oxygens (including phenoxy) is 2. The van der Waals surface area contributed by atoms with E-state index in [9.17, 15) is 14.7 Å². The summed E-state index contributed by atoms with van der Waals surface area (Å²) in [7, 11) is 0. The molecule has 1 aliphatic rings. The molecule has 0 radical (unpaired) electrons. The molecule has 1 N–H and O–H groups in total. The van der Waals surface area contributed by atoms with Crippen LogP contribution in [0.4, 0.5) is 4.79 Å². The molecule has 27 heavy (non-hydrogen) atoms. The first kappa shape index (κ1) is 21.0. The molecule has 1 fully saturated rings. The second-order valence-electron chi connectivity index (χ2n) is 7.92. The molecule has 0 saturated carbocycles. The van der Waals surface area contributed by atoms with Crippen LogP contribution in [0.25, 0.3) is 0 Å². The van der Waals surface area contributed by atoms with Gasteiger partial charge in [-0.15, -0.1) is 6.58 Å². The lowest BCUT2D eigenvalue weighted by Gasteiger charge is -2.26. The maximum atomic E-state index is 12.3. The van der Waals surface area contributed by atoms with Crippen LogP contribution in [0.1, 0.15) is 38.3 Å². The monoisotopic (exact) mass is 375 g/mol. The van der Waals surface area contributed by atoms with Crippen LogP contribution in [0.3, 0.4) is 0 Å². The fraction of sp³-hybridized carbons (Fsp3) is 0.524. The largest absolute Gasteiger partial charge is 0.480 e. The summed E-state index contributed by atoms with van der Waals surface area (Å²) in [6, 6.07) is 7.22. The van der Waals surface area contributed by atoms with E-state index >= 15 is 0 Å². The van der Waals surface area contributed by atoms with E-state index in [1.165, 1.54) is 10.5 Å². The topological polar surface area (TPSA) is 76.1 Å². The summed E-state index contributed by atoms with van der Waals surface area (Å²) in [6.45, 7) is 10.2. The number of hydrogen-bond acceptors (Lipinski definition) is 4. The summed E-state index contributed by atoms with van der Waals surface area (Å²) in [5.41, 5.74) is 1.57. The first-order valence-electron chi connectivity index (χ1n) is 9.18. The van der Waals surface area contributed by atoms with Crippen molar-refractivity contribution in [2.75, 3.05) is 13.2 Å². The molecular weight excluding hydrogens is 346 g/mol. The van der Waals surface area contributed by atoms with E-state index in [0.29, 0.717) is 26.2 Å². The van der Waals surface area contributed by atoms with E-state index < -0.39 is 23.7 Å². The lowest BCUT2D eigenvalue weighted by Crippen LogP contribution is -2.43. The highest BCUT2D eigenvalue weighted by molar-refractivity contribution is 5.81. The fourth-order valence-corrected chi connectivity index (χ4v) is 3.16. The number of aliphatic carboxylic acids is 1. The van der Waals surface area contributed by atoms with Gasteiger partial charge in [0.2, 0.25) is 0 Å². The molecular formula is C21H29NO5. The number of benzene rings is 1. The first-order valence-corrected chi connectivity index (χ1v) is 9.18. The maximum Gasteiger partial charge on any atom is 0.411 e. The van der Waals surface area contributed by atoms with Gasteiger partial charge in [0, 0.05) is 12.5 Å². The minimum Gasteiger partial charge on any atom is -0.480 e. The molecule has 0 unspecified atom stereocenters. The number of rotatable bonds is 7. The summed E-state index contributed by atoms with van der Waals surface area (Å²) in [6.07, 6.45) is 2.44. The van der Waals surface area contributed by atoms with E-state index in [2.05, 4.69) is 12.6 Å². The molecule has 0 spiro atoms. The number of carbonyl (C=O) groups excluding carboxylic acids is 1. The van der Waals surface area contributed by atoms with E-state index in [1.54, 1.807) is 20.8 Å². The van der Waals surface area contributed by atoms with Gasteiger partial charge < -0.3 is 14.6 Å². The zero-order chi connectivity index (χ0) is 20.0. The molecule has 0 aromatic heterocycles. The van der Waals surface area contributed by atoms with Crippen molar-refractivity contribution >= 4 is 12.1 Å². The van der Waals surface area contributed by atoms with E-state index in [1.807, 2.05) is 24.3 Å². The SMILES string of the molecule is C=CCc1cccc(COC[C@H]2C[C@@H](C(=O)O)N(C(=O)OC(C)(C)C)C2)c1. The van der Waals surface area contributed by atoms with Crippen LogP contribution >= 0.6 is 0 Å². The summed E-state index contributed by atoms with van der Waals surface area (Å²) in [5.74, 6) is -1.05. The standard InChI is InChI=1S/C21H29NO5/c1-5-7-15-8-6-9-16(10-15)13-26-14-17-11-18(19(23)24)22(12-17)20(25)27-21(2,3)4/h5-6,8-10,17-18H,1,7,11-14H2,2-4H3,(H,23,24)/t17-,18-/m0/s1. The van der Waals surface area contributed by atoms with Gasteiger partial charge >= 0.3 is 12.1 Å². The van der Waals surface area contributed by atoms with Crippen LogP contribution in [0.15, 0.2) is 36.9 Å². The third-order valence-electron chi connectivity index (χ3n) is 4.29. The van der Waals surface area contributed by atoms with Gasteiger partial charge in [0.25, 0.3) is 0 Å². The highest BCUT2D eigenvalue weighted by Crippen LogP contribution is 2.26. The number of carboxylic acid groups (broad SMARTS) is 1. The van der Waals surface area contributed by atoms with Crippen LogP contribution in [0.2, 0.25) is 0 Å². The van der Waals surface area contributed by atoms with Gasteiger partial charge in [-0.3, -0.25) is 4.90 Å². The van der Waals surface area contributed by atoms with Crippen molar-refractivity contribution in [2.45, 2.75) is 51.9 Å². The molecule has 1 heterocycles. The Morgan fingerprint density at radius 3 is 2.67 bits per heavy atom. The molecule has 2 rings (SSSR count). The first-order chi connectivity index (χ1) is 12.7. The lowest BCUT2D eigenvalue weighted by molar-refractivity contribution is -0.142. The second kappa shape index (κ2) is 9.04. The molecule has 1 aromatic carbocycles. The van der Waals surface area contributed by atoms with Gasteiger partial charge in [-0.05, 0) is 44.7 Å². The maximum absolute atomic E-state index is 12.3. The van der Waals surface area contributed by atoms with Gasteiger partial charge in [0.15, 0.2) is 0 Å². The Labute approximate surface area is 160 Å². The van der Waals surface area contributed by atoms with Gasteiger partial charge in [-0.25, -0.2) is 9.59 Å². The number of carboxylic acids is 1. The van der Waals surface area contributed by atoms with Crippen molar-refractivity contribution in [2.24, 2.45) is 5.92 Å². The normalized spacial score (nSPS) is 19.7. The number of hydrogen-bond donors (Lipinski definition) is 1. The van der Waals surface area contributed by atoms with Crippen LogP contribution in [0.5, 0.6) is 0 Å². The van der Waals surface area contributed by atoms with Crippen LogP contribution in [-0.2, 0) is 27.3 Å². The molecule has 6 heteroatoms. The van der Waals surface area contributed by atoms with E-state index in [0.717, 1.165) is 12.0 Å². The van der Waals surface area contributed by atoms with Gasteiger partial charge in [0.05, 0.1) is 13.2 Å². The minimum absolute atomic E-state index is 0.0324. The Morgan fingerprint density at radius 1 is 1.33 bits per heavy atom. The van der Waals surface area contributed by atoms with Gasteiger partial charge in [-0.1, -0.05) is 30.3 Å². The quantitative estimate of drug-likeness (QED) is 0.736. The molecule has 1 amide bonds. The summed E-state index contributed by atoms with van der Waals surface area (Å²) in [4.78, 5) is 25.1. The zero-order valence-corrected chi connectivity index (χ0v) is 16.3. The van der Waals surface area contributed by atoms with Crippen molar-refractivity contribution in [3.8, 4) is 0 Å². The number of carbonyl (C=O) groups is 2. The van der Waals surface area contributed by atoms with Crippen molar-refractivity contribution in [1.82, 2.24) is 4.90 Å². The molecule has 148 valence electrons. The smallest absolute Gasteiger partial charge is 0.411 e. The van der Waals surface area contributed by atoms with Crippen molar-refractivity contribution in [3.05, 3.63) is 48.0 Å². The molecule has 1 aliphatic heterocycles. The highest BCUT2D eigenvalue weighted by Gasteiger charge is 2.41. The Kier molecular flexibility index (Phi) is 7.02. The summed E-state index contributed by atoms with van der Waals surface area (Å²) >= 11 is 0. The fourth-order valence-electron chi connectivity index (χ4n) is 3.16. The molecule has 1 aromatic rings. The number of nitrogens with zero attached hydrogens (tertiary/aromatic N) is 1. The second-order valence-corrected chi connectivity index (χ2v) is 7.92. The van der Waals surface area contributed by atoms with Crippen molar-refractivity contribution < 1.29 is 24.2 Å². The summed E-state index contributed by atoms with van der Waals surface area (Å²) in [5, 5.41) is 9.43. The predicted molar refractivity (Wildman–Crippen MR) is 102 cm³/mol. The average Bonchev–Trinajstić information content (AvgIpc) is 2.99. The van der Waals surface area contributed by atoms with Crippen LogP contribution in [0, 0.1) is 5.92 Å². The van der Waals surface area contributed by atoms with Gasteiger partial charge in [-0.2, -0.15) is 0 Å². The molecule has 2 atom stereocenters. The Bertz CT molecular complexity index is 679. The Morgan fingerprint density at radius 2 is 2.04 bits per heavy atom. The summed E-state index contributed by atoms with van der Waals surface area (Å²) < 4.78 is 11.1. The zero-order valence-electron chi connectivity index (χ0n) is 16.3. The van der Waals surface area contributed by atoms with Crippen molar-refractivity contribution in [3.63, 3.8) is 0 Å². The Hall–Kier alpha value is -2.34. The van der Waals surface area contributed by atoms with E-state index in [-0.39, 0.29) is 5.92 Å². The predicted octanol–water partition coefficient (Wildman–Crippen LogP) is 3.64. The van der Waals surface area contributed by atoms with Crippen LogP contribution < -0.4 is 0 Å². The third-order valence-corrected chi connectivity index (χ3v) is 4.29. The lowest BCUT2D eigenvalue weighted by atomic mass is 10.1. The van der Waals surface area contributed by atoms with Crippen LogP contribution in [-0.4, -0.2) is 46.9 Å². The number of likely N-dealkylation sites (tertiary alicyclic amines) is 1. The number of amides is 1. The molecule has 0 bridgehead atoms. The molecule has 1 saturated heterocycles. The van der Waals surface area contributed by atoms with E-state index in [4.69, 9.17) is 9.47 Å². The average molecular weight is 375 g/mol. The molecule has 6 nitrogen and oxygen atoms in total. The third kappa shape index (κ3) is 6.40. The Balaban J connectivity index is 1.90. The highest BCUT2D eigenvalue weighted by atomic mass is 16.6.